The highest BCUT2D eigenvalue weighted by Crippen LogP contribution is 2.31. The van der Waals surface area contributed by atoms with Gasteiger partial charge in [-0.2, -0.15) is 0 Å². The summed E-state index contributed by atoms with van der Waals surface area (Å²) in [6.07, 6.45) is 4.65. The highest BCUT2D eigenvalue weighted by molar-refractivity contribution is 7.09. The lowest BCUT2D eigenvalue weighted by Gasteiger charge is -2.18. The van der Waals surface area contributed by atoms with Gasteiger partial charge in [0.15, 0.2) is 0 Å². The lowest BCUT2D eigenvalue weighted by molar-refractivity contribution is 0.0922. The van der Waals surface area contributed by atoms with Crippen molar-refractivity contribution in [2.45, 2.75) is 38.4 Å². The molecular weight excluding hydrogens is 306 g/mol. The first-order valence-electron chi connectivity index (χ1n) is 8.43. The summed E-state index contributed by atoms with van der Waals surface area (Å²) in [6.45, 7) is 5.13. The fraction of sp³-hybridized carbons (Fsp3) is 0.500. The molecule has 4 rings (SSSR count). The monoisotopic (exact) mass is 329 g/mol. The Morgan fingerprint density at radius 3 is 2.91 bits per heavy atom. The van der Waals surface area contributed by atoms with Crippen molar-refractivity contribution in [1.82, 2.24) is 14.8 Å². The third-order valence-corrected chi connectivity index (χ3v) is 5.85. The van der Waals surface area contributed by atoms with Gasteiger partial charge in [-0.15, -0.1) is 11.3 Å². The van der Waals surface area contributed by atoms with Gasteiger partial charge in [0.1, 0.15) is 5.69 Å². The fourth-order valence-corrected chi connectivity index (χ4v) is 4.20. The number of thiophene rings is 1. The average molecular weight is 329 g/mol. The summed E-state index contributed by atoms with van der Waals surface area (Å²) >= 11 is 1.73. The highest BCUT2D eigenvalue weighted by atomic mass is 32.1. The van der Waals surface area contributed by atoms with Gasteiger partial charge in [-0.1, -0.05) is 13.0 Å². The zero-order chi connectivity index (χ0) is 15.8. The van der Waals surface area contributed by atoms with Crippen LogP contribution >= 0.6 is 11.3 Å². The van der Waals surface area contributed by atoms with Gasteiger partial charge in [-0.25, -0.2) is 0 Å². The molecule has 2 aromatic rings. The number of hydrogen-bond donors (Lipinski definition) is 1. The molecule has 0 spiro atoms. The summed E-state index contributed by atoms with van der Waals surface area (Å²) in [5.41, 5.74) is 0.760. The second-order valence-corrected chi connectivity index (χ2v) is 7.88. The van der Waals surface area contributed by atoms with E-state index in [-0.39, 0.29) is 11.9 Å². The third kappa shape index (κ3) is 3.21. The second kappa shape index (κ2) is 6.13. The molecule has 2 aliphatic rings. The van der Waals surface area contributed by atoms with Crippen LogP contribution in [0, 0.1) is 5.92 Å². The molecule has 3 heterocycles. The molecular formula is C18H23N3OS. The predicted octanol–water partition coefficient (Wildman–Crippen LogP) is 2.81. The molecule has 0 aromatic carbocycles. The van der Waals surface area contributed by atoms with Crippen LogP contribution in [0.5, 0.6) is 0 Å². The Morgan fingerprint density at radius 1 is 1.30 bits per heavy atom. The van der Waals surface area contributed by atoms with Crippen LogP contribution in [0.1, 0.15) is 35.1 Å². The van der Waals surface area contributed by atoms with Crippen molar-refractivity contribution in [1.29, 1.82) is 0 Å². The Labute approximate surface area is 141 Å². The number of carbonyl (C=O) groups is 1. The van der Waals surface area contributed by atoms with Crippen LogP contribution in [0.15, 0.2) is 35.8 Å². The Kier molecular flexibility index (Phi) is 3.99. The number of rotatable bonds is 5. The van der Waals surface area contributed by atoms with Crippen LogP contribution in [-0.2, 0) is 6.54 Å². The summed E-state index contributed by atoms with van der Waals surface area (Å²) in [4.78, 5) is 16.5. The van der Waals surface area contributed by atoms with Crippen LogP contribution in [0.4, 0.5) is 0 Å². The van der Waals surface area contributed by atoms with Crippen molar-refractivity contribution in [3.05, 3.63) is 46.4 Å². The molecule has 2 atom stereocenters. The summed E-state index contributed by atoms with van der Waals surface area (Å²) in [7, 11) is 0. The molecule has 2 aromatic heterocycles. The zero-order valence-corrected chi connectivity index (χ0v) is 14.3. The minimum atomic E-state index is 0.0565. The van der Waals surface area contributed by atoms with E-state index in [1.54, 1.807) is 11.3 Å². The van der Waals surface area contributed by atoms with Gasteiger partial charge in [0.05, 0.1) is 6.54 Å². The molecule has 23 heavy (non-hydrogen) atoms. The van der Waals surface area contributed by atoms with E-state index < -0.39 is 0 Å². The summed E-state index contributed by atoms with van der Waals surface area (Å²) in [5.74, 6) is 0.585. The highest BCUT2D eigenvalue weighted by Gasteiger charge is 2.38. The van der Waals surface area contributed by atoms with Crippen LogP contribution in [0.3, 0.4) is 0 Å². The van der Waals surface area contributed by atoms with E-state index >= 15 is 0 Å². The molecule has 0 radical (unpaired) electrons. The van der Waals surface area contributed by atoms with Crippen molar-refractivity contribution >= 4 is 17.2 Å². The number of carbonyl (C=O) groups excluding carboxylic acids is 1. The normalized spacial score (nSPS) is 24.9. The van der Waals surface area contributed by atoms with Crippen molar-refractivity contribution in [3.63, 3.8) is 0 Å². The van der Waals surface area contributed by atoms with Gasteiger partial charge < -0.3 is 9.88 Å². The van der Waals surface area contributed by atoms with Crippen molar-refractivity contribution in [2.75, 3.05) is 13.1 Å². The van der Waals surface area contributed by atoms with E-state index in [0.29, 0.717) is 5.92 Å². The first-order chi connectivity index (χ1) is 11.2. The second-order valence-electron chi connectivity index (χ2n) is 6.84. The summed E-state index contributed by atoms with van der Waals surface area (Å²) in [6, 6.07) is 9.09. The number of nitrogens with zero attached hydrogens (tertiary/aromatic N) is 2. The topological polar surface area (TPSA) is 37.3 Å². The number of amides is 1. The van der Waals surface area contributed by atoms with Gasteiger partial charge in [0.2, 0.25) is 0 Å². The lowest BCUT2D eigenvalue weighted by atomic mass is 10.1. The Balaban J connectivity index is 1.42. The molecule has 1 aliphatic heterocycles. The smallest absolute Gasteiger partial charge is 0.268 e. The maximum atomic E-state index is 12.7. The van der Waals surface area contributed by atoms with E-state index in [0.717, 1.165) is 31.4 Å². The molecule has 0 bridgehead atoms. The first-order valence-corrected chi connectivity index (χ1v) is 9.31. The zero-order valence-electron chi connectivity index (χ0n) is 13.4. The minimum Gasteiger partial charge on any atom is -0.346 e. The first kappa shape index (κ1) is 15.0. The SMILES string of the molecule is CC1CN(C2CC2)CC1NC(=O)c1cccn1Cc1cccs1. The number of nitrogens with one attached hydrogen (secondary N) is 1. The van der Waals surface area contributed by atoms with Crippen LogP contribution in [0.2, 0.25) is 0 Å². The van der Waals surface area contributed by atoms with E-state index in [1.807, 2.05) is 22.9 Å². The van der Waals surface area contributed by atoms with Gasteiger partial charge in [0.25, 0.3) is 5.91 Å². The third-order valence-electron chi connectivity index (χ3n) is 4.99. The number of likely N-dealkylation sites (tertiary alicyclic amines) is 1. The van der Waals surface area contributed by atoms with E-state index in [9.17, 15) is 4.79 Å². The van der Waals surface area contributed by atoms with Gasteiger partial charge in [-0.05, 0) is 42.3 Å². The van der Waals surface area contributed by atoms with E-state index in [2.05, 4.69) is 34.7 Å². The molecule has 1 saturated heterocycles. The molecule has 2 unspecified atom stereocenters. The predicted molar refractivity (Wildman–Crippen MR) is 92.9 cm³/mol. The molecule has 2 fully saturated rings. The molecule has 122 valence electrons. The van der Waals surface area contributed by atoms with Crippen LogP contribution < -0.4 is 5.32 Å². The molecule has 4 nitrogen and oxygen atoms in total. The van der Waals surface area contributed by atoms with Gasteiger partial charge >= 0.3 is 0 Å². The average Bonchev–Trinajstić information content (AvgIpc) is 2.93. The van der Waals surface area contributed by atoms with Crippen molar-refractivity contribution in [3.8, 4) is 0 Å². The molecule has 1 aliphatic carbocycles. The Hall–Kier alpha value is -1.59. The number of aromatic nitrogens is 1. The largest absolute Gasteiger partial charge is 0.346 e. The fourth-order valence-electron chi connectivity index (χ4n) is 3.50. The van der Waals surface area contributed by atoms with Crippen molar-refractivity contribution < 1.29 is 4.79 Å². The van der Waals surface area contributed by atoms with Crippen LogP contribution in [-0.4, -0.2) is 40.5 Å². The maximum Gasteiger partial charge on any atom is 0.268 e. The van der Waals surface area contributed by atoms with Gasteiger partial charge in [0, 0.05) is 36.2 Å². The van der Waals surface area contributed by atoms with E-state index in [1.165, 1.54) is 17.7 Å². The Morgan fingerprint density at radius 2 is 2.17 bits per heavy atom. The summed E-state index contributed by atoms with van der Waals surface area (Å²) in [5, 5.41) is 5.34. The van der Waals surface area contributed by atoms with Gasteiger partial charge in [-0.3, -0.25) is 9.69 Å². The minimum absolute atomic E-state index is 0.0565. The molecule has 5 heteroatoms. The van der Waals surface area contributed by atoms with E-state index in [4.69, 9.17) is 0 Å². The summed E-state index contributed by atoms with van der Waals surface area (Å²) < 4.78 is 2.04. The standard InChI is InChI=1S/C18H23N3OS/c1-13-10-21(14-6-7-14)12-16(13)19-18(22)17-5-2-8-20(17)11-15-4-3-9-23-15/h2-5,8-9,13-14,16H,6-7,10-12H2,1H3,(H,19,22). The maximum absolute atomic E-state index is 12.7. The number of hydrogen-bond acceptors (Lipinski definition) is 3. The van der Waals surface area contributed by atoms with Crippen molar-refractivity contribution in [2.24, 2.45) is 5.92 Å². The molecule has 1 amide bonds. The molecule has 1 N–H and O–H groups in total. The van der Waals surface area contributed by atoms with Crippen LogP contribution in [0.25, 0.3) is 0 Å². The Bertz CT molecular complexity index is 674. The lowest BCUT2D eigenvalue weighted by Crippen LogP contribution is -2.40. The molecule has 1 saturated carbocycles. The quantitative estimate of drug-likeness (QED) is 0.916.